The lowest BCUT2D eigenvalue weighted by molar-refractivity contribution is 0.416. The standard InChI is InChI=1S/C14H17N3O/c1-18-12-5-3-2-4-10(12)14-16-11(8-15)13(17-14)9-6-7-9/h2-5,9H,6-8,15H2,1H3,(H,16,17). The molecule has 2 aromatic rings. The average Bonchev–Trinajstić information content (AvgIpc) is 3.18. The van der Waals surface area contributed by atoms with Gasteiger partial charge in [0.2, 0.25) is 0 Å². The minimum atomic E-state index is 0.508. The van der Waals surface area contributed by atoms with Crippen LogP contribution in [0.1, 0.15) is 30.1 Å². The molecule has 0 radical (unpaired) electrons. The Morgan fingerprint density at radius 3 is 2.83 bits per heavy atom. The quantitative estimate of drug-likeness (QED) is 0.866. The second-order valence-corrected chi connectivity index (χ2v) is 4.63. The van der Waals surface area contributed by atoms with Gasteiger partial charge in [0.15, 0.2) is 0 Å². The summed E-state index contributed by atoms with van der Waals surface area (Å²) in [5, 5.41) is 0. The number of hydrogen-bond acceptors (Lipinski definition) is 3. The van der Waals surface area contributed by atoms with E-state index >= 15 is 0 Å². The second-order valence-electron chi connectivity index (χ2n) is 4.63. The van der Waals surface area contributed by atoms with Gasteiger partial charge < -0.3 is 15.5 Å². The summed E-state index contributed by atoms with van der Waals surface area (Å²) in [5.41, 5.74) is 8.95. The molecule has 3 rings (SSSR count). The minimum Gasteiger partial charge on any atom is -0.496 e. The lowest BCUT2D eigenvalue weighted by Gasteiger charge is -2.04. The van der Waals surface area contributed by atoms with Gasteiger partial charge >= 0.3 is 0 Å². The van der Waals surface area contributed by atoms with Crippen molar-refractivity contribution in [1.82, 2.24) is 9.97 Å². The van der Waals surface area contributed by atoms with Crippen LogP contribution in [0.15, 0.2) is 24.3 Å². The summed E-state index contributed by atoms with van der Waals surface area (Å²) in [6.07, 6.45) is 2.45. The third-order valence-corrected chi connectivity index (χ3v) is 3.34. The van der Waals surface area contributed by atoms with E-state index in [1.54, 1.807) is 7.11 Å². The summed E-state index contributed by atoms with van der Waals surface area (Å²) in [7, 11) is 1.67. The average molecular weight is 243 g/mol. The Morgan fingerprint density at radius 1 is 1.39 bits per heavy atom. The van der Waals surface area contributed by atoms with Crippen molar-refractivity contribution in [3.05, 3.63) is 35.7 Å². The molecule has 0 amide bonds. The van der Waals surface area contributed by atoms with Gasteiger partial charge in [0.05, 0.1) is 24.1 Å². The van der Waals surface area contributed by atoms with Gasteiger partial charge in [-0.2, -0.15) is 0 Å². The van der Waals surface area contributed by atoms with Crippen LogP contribution in [0.4, 0.5) is 0 Å². The molecule has 0 aliphatic heterocycles. The summed E-state index contributed by atoms with van der Waals surface area (Å²) in [5.74, 6) is 2.29. The third-order valence-electron chi connectivity index (χ3n) is 3.34. The second kappa shape index (κ2) is 4.46. The molecule has 1 aromatic carbocycles. The van der Waals surface area contributed by atoms with Crippen molar-refractivity contribution >= 4 is 0 Å². The molecule has 1 fully saturated rings. The first-order valence-electron chi connectivity index (χ1n) is 6.25. The zero-order chi connectivity index (χ0) is 12.5. The maximum absolute atomic E-state index is 5.78. The van der Waals surface area contributed by atoms with Gasteiger partial charge in [-0.15, -0.1) is 0 Å². The molecule has 18 heavy (non-hydrogen) atoms. The van der Waals surface area contributed by atoms with Crippen LogP contribution in [0, 0.1) is 0 Å². The van der Waals surface area contributed by atoms with Crippen LogP contribution in [-0.4, -0.2) is 17.1 Å². The minimum absolute atomic E-state index is 0.508. The van der Waals surface area contributed by atoms with Gasteiger partial charge in [-0.1, -0.05) is 12.1 Å². The third kappa shape index (κ3) is 1.88. The maximum atomic E-state index is 5.78. The summed E-state index contributed by atoms with van der Waals surface area (Å²) in [4.78, 5) is 8.03. The van der Waals surface area contributed by atoms with Crippen molar-refractivity contribution in [1.29, 1.82) is 0 Å². The van der Waals surface area contributed by atoms with Crippen molar-refractivity contribution in [3.63, 3.8) is 0 Å². The number of hydrogen-bond donors (Lipinski definition) is 2. The molecule has 1 saturated carbocycles. The molecule has 94 valence electrons. The van der Waals surface area contributed by atoms with E-state index in [2.05, 4.69) is 4.98 Å². The fourth-order valence-corrected chi connectivity index (χ4v) is 2.24. The lowest BCUT2D eigenvalue weighted by atomic mass is 10.2. The number of nitrogens with zero attached hydrogens (tertiary/aromatic N) is 1. The van der Waals surface area contributed by atoms with Crippen LogP contribution in [0.2, 0.25) is 0 Å². The van der Waals surface area contributed by atoms with E-state index in [1.807, 2.05) is 24.3 Å². The predicted molar refractivity (Wildman–Crippen MR) is 70.4 cm³/mol. The first kappa shape index (κ1) is 11.3. The molecular formula is C14H17N3O. The van der Waals surface area contributed by atoms with Gasteiger partial charge in [0.1, 0.15) is 11.6 Å². The molecule has 4 nitrogen and oxygen atoms in total. The molecule has 1 aliphatic carbocycles. The number of benzene rings is 1. The molecule has 1 aliphatic rings. The van der Waals surface area contributed by atoms with Crippen molar-refractivity contribution in [2.75, 3.05) is 7.11 Å². The molecule has 1 heterocycles. The Hall–Kier alpha value is -1.81. The van der Waals surface area contributed by atoms with E-state index in [0.717, 1.165) is 28.5 Å². The Balaban J connectivity index is 2.05. The number of imidazole rings is 1. The van der Waals surface area contributed by atoms with Gasteiger partial charge in [-0.25, -0.2) is 4.98 Å². The molecule has 0 saturated heterocycles. The monoisotopic (exact) mass is 243 g/mol. The first-order valence-corrected chi connectivity index (χ1v) is 6.25. The van der Waals surface area contributed by atoms with E-state index in [4.69, 9.17) is 15.5 Å². The number of ether oxygens (including phenoxy) is 1. The summed E-state index contributed by atoms with van der Waals surface area (Å²) in [6, 6.07) is 7.89. The van der Waals surface area contributed by atoms with Crippen LogP contribution >= 0.6 is 0 Å². The number of para-hydroxylation sites is 1. The number of rotatable bonds is 4. The highest BCUT2D eigenvalue weighted by molar-refractivity contribution is 5.64. The zero-order valence-corrected chi connectivity index (χ0v) is 10.4. The van der Waals surface area contributed by atoms with E-state index in [0.29, 0.717) is 12.5 Å². The van der Waals surface area contributed by atoms with Crippen molar-refractivity contribution < 1.29 is 4.74 Å². The Morgan fingerprint density at radius 2 is 2.17 bits per heavy atom. The van der Waals surface area contributed by atoms with E-state index < -0.39 is 0 Å². The highest BCUT2D eigenvalue weighted by Crippen LogP contribution is 2.42. The Labute approximate surface area is 106 Å². The number of methoxy groups -OCH3 is 1. The number of aromatic nitrogens is 2. The molecule has 0 unspecified atom stereocenters. The topological polar surface area (TPSA) is 63.9 Å². The van der Waals surface area contributed by atoms with Gasteiger partial charge in [0.25, 0.3) is 0 Å². The van der Waals surface area contributed by atoms with E-state index in [-0.39, 0.29) is 0 Å². The summed E-state index contributed by atoms with van der Waals surface area (Å²) < 4.78 is 5.37. The molecule has 4 heteroatoms. The highest BCUT2D eigenvalue weighted by atomic mass is 16.5. The van der Waals surface area contributed by atoms with Gasteiger partial charge in [-0.3, -0.25) is 0 Å². The van der Waals surface area contributed by atoms with Crippen LogP contribution in [0.5, 0.6) is 5.75 Å². The van der Waals surface area contributed by atoms with E-state index in [9.17, 15) is 0 Å². The lowest BCUT2D eigenvalue weighted by Crippen LogP contribution is -1.99. The van der Waals surface area contributed by atoms with Crippen molar-refractivity contribution in [2.45, 2.75) is 25.3 Å². The van der Waals surface area contributed by atoms with Crippen LogP contribution < -0.4 is 10.5 Å². The Bertz CT molecular complexity index is 558. The molecule has 3 N–H and O–H groups in total. The van der Waals surface area contributed by atoms with E-state index in [1.165, 1.54) is 12.8 Å². The maximum Gasteiger partial charge on any atom is 0.141 e. The normalized spacial score (nSPS) is 14.8. The largest absolute Gasteiger partial charge is 0.496 e. The smallest absolute Gasteiger partial charge is 0.141 e. The SMILES string of the molecule is COc1ccccc1-c1nc(C2CC2)c(CN)[nH]1. The van der Waals surface area contributed by atoms with Crippen LogP contribution in [0.3, 0.4) is 0 Å². The number of nitrogens with two attached hydrogens (primary N) is 1. The molecule has 1 aromatic heterocycles. The number of nitrogens with one attached hydrogen (secondary N) is 1. The van der Waals surface area contributed by atoms with Crippen molar-refractivity contribution in [2.24, 2.45) is 5.73 Å². The summed E-state index contributed by atoms with van der Waals surface area (Å²) in [6.45, 7) is 0.508. The van der Waals surface area contributed by atoms with Gasteiger partial charge in [-0.05, 0) is 25.0 Å². The summed E-state index contributed by atoms with van der Waals surface area (Å²) >= 11 is 0. The fraction of sp³-hybridized carbons (Fsp3) is 0.357. The fourth-order valence-electron chi connectivity index (χ4n) is 2.24. The molecule has 0 atom stereocenters. The van der Waals surface area contributed by atoms with Crippen molar-refractivity contribution in [3.8, 4) is 17.1 Å². The van der Waals surface area contributed by atoms with Crippen LogP contribution in [0.25, 0.3) is 11.4 Å². The van der Waals surface area contributed by atoms with Crippen LogP contribution in [-0.2, 0) is 6.54 Å². The zero-order valence-electron chi connectivity index (χ0n) is 10.4. The Kier molecular flexibility index (Phi) is 2.80. The highest BCUT2D eigenvalue weighted by Gasteiger charge is 2.29. The van der Waals surface area contributed by atoms with Gasteiger partial charge in [0, 0.05) is 12.5 Å². The number of aromatic amines is 1. The number of H-pyrrole nitrogens is 1. The molecule has 0 bridgehead atoms. The predicted octanol–water partition coefficient (Wildman–Crippen LogP) is 2.42. The first-order chi connectivity index (χ1) is 8.83. The molecular weight excluding hydrogens is 226 g/mol. The molecule has 0 spiro atoms.